The Labute approximate surface area is 141 Å². The highest BCUT2D eigenvalue weighted by Gasteiger charge is 2.15. The number of alkyl halides is 1. The SMILES string of the molecule is C=CC1NC=CC(=N)/C1=C\NCc1cc(C)c(OCC(C)F)cn1. The summed E-state index contributed by atoms with van der Waals surface area (Å²) in [6.45, 7) is 7.68. The first kappa shape index (κ1) is 17.7. The van der Waals surface area contributed by atoms with Gasteiger partial charge in [-0.15, -0.1) is 6.58 Å². The van der Waals surface area contributed by atoms with Crippen molar-refractivity contribution in [1.29, 1.82) is 5.41 Å². The van der Waals surface area contributed by atoms with Gasteiger partial charge in [0.2, 0.25) is 0 Å². The molecule has 0 spiro atoms. The van der Waals surface area contributed by atoms with Crippen LogP contribution in [0.1, 0.15) is 18.2 Å². The van der Waals surface area contributed by atoms with E-state index in [2.05, 4.69) is 22.2 Å². The van der Waals surface area contributed by atoms with Gasteiger partial charge in [-0.05, 0) is 37.8 Å². The first-order valence-electron chi connectivity index (χ1n) is 7.81. The monoisotopic (exact) mass is 330 g/mol. The van der Waals surface area contributed by atoms with Crippen LogP contribution in [0.15, 0.2) is 49.0 Å². The first-order chi connectivity index (χ1) is 11.5. The number of nitrogens with zero attached hydrogens (tertiary/aromatic N) is 1. The standard InChI is InChI=1S/C18H23FN4O/c1-4-17-15(16(20)5-6-22-17)9-21-8-14-7-12(2)18(10-23-14)24-11-13(3)19/h4-7,9-10,13,17,20-22H,1,8,11H2,2-3H3/b15-9+,20-16?. The fraction of sp³-hybridized carbons (Fsp3) is 0.333. The molecular weight excluding hydrogens is 307 g/mol. The smallest absolute Gasteiger partial charge is 0.140 e. The predicted octanol–water partition coefficient (Wildman–Crippen LogP) is 2.79. The van der Waals surface area contributed by atoms with Crippen LogP contribution in [0.4, 0.5) is 4.39 Å². The lowest BCUT2D eigenvalue weighted by Gasteiger charge is -2.21. The van der Waals surface area contributed by atoms with Crippen LogP contribution in [0.5, 0.6) is 5.75 Å². The van der Waals surface area contributed by atoms with Crippen LogP contribution in [-0.2, 0) is 6.54 Å². The van der Waals surface area contributed by atoms with Crippen LogP contribution >= 0.6 is 0 Å². The normalized spacial score (nSPS) is 19.7. The van der Waals surface area contributed by atoms with Gasteiger partial charge in [0.25, 0.3) is 0 Å². The Bertz CT molecular complexity index is 667. The highest BCUT2D eigenvalue weighted by atomic mass is 19.1. The van der Waals surface area contributed by atoms with Gasteiger partial charge in [0.15, 0.2) is 0 Å². The van der Waals surface area contributed by atoms with Crippen molar-refractivity contribution >= 4 is 5.71 Å². The molecule has 128 valence electrons. The second kappa shape index (κ2) is 8.29. The predicted molar refractivity (Wildman–Crippen MR) is 93.9 cm³/mol. The third-order valence-corrected chi connectivity index (χ3v) is 3.54. The lowest BCUT2D eigenvalue weighted by molar-refractivity contribution is 0.208. The van der Waals surface area contributed by atoms with E-state index in [9.17, 15) is 4.39 Å². The molecule has 6 heteroatoms. The van der Waals surface area contributed by atoms with Gasteiger partial charge >= 0.3 is 0 Å². The lowest BCUT2D eigenvalue weighted by Crippen LogP contribution is -2.32. The molecule has 0 fully saturated rings. The number of nitrogens with one attached hydrogen (secondary N) is 3. The molecular formula is C18H23FN4O. The molecule has 2 heterocycles. The van der Waals surface area contributed by atoms with E-state index in [-0.39, 0.29) is 12.6 Å². The van der Waals surface area contributed by atoms with Crippen molar-refractivity contribution < 1.29 is 9.13 Å². The van der Waals surface area contributed by atoms with Gasteiger partial charge in [-0.1, -0.05) is 6.08 Å². The van der Waals surface area contributed by atoms with Gasteiger partial charge in [-0.25, -0.2) is 4.39 Å². The van der Waals surface area contributed by atoms with Crippen molar-refractivity contribution in [2.24, 2.45) is 0 Å². The summed E-state index contributed by atoms with van der Waals surface area (Å²) >= 11 is 0. The highest BCUT2D eigenvalue weighted by Crippen LogP contribution is 2.17. The van der Waals surface area contributed by atoms with Crippen LogP contribution in [0.3, 0.4) is 0 Å². The number of aromatic nitrogens is 1. The van der Waals surface area contributed by atoms with Crippen molar-refractivity contribution in [3.8, 4) is 5.75 Å². The number of ether oxygens (including phenoxy) is 1. The second-order valence-electron chi connectivity index (χ2n) is 5.64. The van der Waals surface area contributed by atoms with E-state index in [1.165, 1.54) is 6.92 Å². The summed E-state index contributed by atoms with van der Waals surface area (Å²) in [5.41, 5.74) is 3.01. The minimum absolute atomic E-state index is 0.0256. The molecule has 0 radical (unpaired) electrons. The quantitative estimate of drug-likeness (QED) is 0.673. The molecule has 0 aliphatic carbocycles. The Morgan fingerprint density at radius 1 is 1.58 bits per heavy atom. The van der Waals surface area contributed by atoms with Gasteiger partial charge in [0, 0.05) is 11.8 Å². The maximum atomic E-state index is 12.8. The highest BCUT2D eigenvalue weighted by molar-refractivity contribution is 6.08. The summed E-state index contributed by atoms with van der Waals surface area (Å²) in [6.07, 6.45) is 7.61. The number of pyridine rings is 1. The Hall–Kier alpha value is -2.63. The largest absolute Gasteiger partial charge is 0.489 e. The molecule has 5 nitrogen and oxygen atoms in total. The van der Waals surface area contributed by atoms with Gasteiger partial charge in [-0.3, -0.25) is 4.98 Å². The number of allylic oxidation sites excluding steroid dienone is 1. The van der Waals surface area contributed by atoms with E-state index < -0.39 is 6.17 Å². The van der Waals surface area contributed by atoms with Gasteiger partial charge in [0.05, 0.1) is 30.2 Å². The zero-order chi connectivity index (χ0) is 17.5. The Balaban J connectivity index is 1.98. The van der Waals surface area contributed by atoms with Crippen LogP contribution in [0.25, 0.3) is 0 Å². The van der Waals surface area contributed by atoms with Crippen LogP contribution < -0.4 is 15.4 Å². The Morgan fingerprint density at radius 3 is 3.04 bits per heavy atom. The average molecular weight is 330 g/mol. The van der Waals surface area contributed by atoms with Crippen molar-refractivity contribution in [2.45, 2.75) is 32.6 Å². The second-order valence-corrected chi connectivity index (χ2v) is 5.64. The number of hydrogen-bond donors (Lipinski definition) is 3. The van der Waals surface area contributed by atoms with E-state index in [0.29, 0.717) is 18.0 Å². The summed E-state index contributed by atoms with van der Waals surface area (Å²) < 4.78 is 18.2. The van der Waals surface area contributed by atoms with Crippen molar-refractivity contribution in [1.82, 2.24) is 15.6 Å². The summed E-state index contributed by atoms with van der Waals surface area (Å²) in [4.78, 5) is 4.32. The topological polar surface area (TPSA) is 70.0 Å². The molecule has 0 aromatic carbocycles. The zero-order valence-corrected chi connectivity index (χ0v) is 14.0. The molecule has 2 rings (SSSR count). The number of aryl methyl sites for hydroxylation is 1. The lowest BCUT2D eigenvalue weighted by atomic mass is 10.0. The van der Waals surface area contributed by atoms with E-state index in [4.69, 9.17) is 10.1 Å². The molecule has 0 saturated carbocycles. The summed E-state index contributed by atoms with van der Waals surface area (Å²) in [5.74, 6) is 0.594. The van der Waals surface area contributed by atoms with E-state index in [1.54, 1.807) is 30.7 Å². The molecule has 1 aromatic rings. The van der Waals surface area contributed by atoms with Crippen LogP contribution in [-0.4, -0.2) is 29.5 Å². The minimum Gasteiger partial charge on any atom is -0.489 e. The van der Waals surface area contributed by atoms with Crippen molar-refractivity contribution in [3.05, 3.63) is 60.2 Å². The molecule has 0 bridgehead atoms. The molecule has 3 N–H and O–H groups in total. The number of rotatable bonds is 7. The fourth-order valence-electron chi connectivity index (χ4n) is 2.27. The fourth-order valence-corrected chi connectivity index (χ4v) is 2.27. The molecule has 24 heavy (non-hydrogen) atoms. The van der Waals surface area contributed by atoms with E-state index >= 15 is 0 Å². The molecule has 2 unspecified atom stereocenters. The summed E-state index contributed by atoms with van der Waals surface area (Å²) in [7, 11) is 0. The van der Waals surface area contributed by atoms with Crippen molar-refractivity contribution in [3.63, 3.8) is 0 Å². The number of halogens is 1. The molecule has 1 aromatic heterocycles. The number of hydrogen-bond acceptors (Lipinski definition) is 5. The summed E-state index contributed by atoms with van der Waals surface area (Å²) in [6, 6.07) is 1.82. The third-order valence-electron chi connectivity index (χ3n) is 3.54. The van der Waals surface area contributed by atoms with Gasteiger partial charge < -0.3 is 20.8 Å². The van der Waals surface area contributed by atoms with Gasteiger partial charge in [-0.2, -0.15) is 0 Å². The van der Waals surface area contributed by atoms with Crippen LogP contribution in [0, 0.1) is 12.3 Å². The van der Waals surface area contributed by atoms with E-state index in [0.717, 1.165) is 16.8 Å². The molecule has 0 saturated heterocycles. The maximum Gasteiger partial charge on any atom is 0.140 e. The first-order valence-corrected chi connectivity index (χ1v) is 7.81. The average Bonchev–Trinajstić information content (AvgIpc) is 2.55. The molecule has 0 amide bonds. The van der Waals surface area contributed by atoms with Crippen LogP contribution in [0.2, 0.25) is 0 Å². The zero-order valence-electron chi connectivity index (χ0n) is 14.0. The minimum atomic E-state index is -1.01. The third kappa shape index (κ3) is 4.68. The molecule has 1 aliphatic rings. The van der Waals surface area contributed by atoms with Crippen molar-refractivity contribution in [2.75, 3.05) is 6.61 Å². The Morgan fingerprint density at radius 2 is 2.38 bits per heavy atom. The molecule has 1 aliphatic heterocycles. The maximum absolute atomic E-state index is 12.8. The summed E-state index contributed by atoms with van der Waals surface area (Å²) in [5, 5.41) is 14.3. The Kier molecular flexibility index (Phi) is 6.12. The van der Waals surface area contributed by atoms with E-state index in [1.807, 2.05) is 13.0 Å². The molecule has 2 atom stereocenters. The van der Waals surface area contributed by atoms with Gasteiger partial charge in [0.1, 0.15) is 18.5 Å².